The van der Waals surface area contributed by atoms with E-state index in [1.165, 1.54) is 14.2 Å². The number of aromatic nitrogens is 1. The fourth-order valence-electron chi connectivity index (χ4n) is 2.26. The van der Waals surface area contributed by atoms with Crippen LogP contribution < -0.4 is 5.73 Å². The lowest BCUT2D eigenvalue weighted by molar-refractivity contribution is -0.136. The molecule has 0 saturated carbocycles. The van der Waals surface area contributed by atoms with Crippen LogP contribution in [0.1, 0.15) is 11.5 Å². The average molecular weight is 301 g/mol. The molecule has 7 nitrogen and oxygen atoms in total. The Labute approximate surface area is 127 Å². The third-order valence-corrected chi connectivity index (χ3v) is 3.20. The van der Waals surface area contributed by atoms with Gasteiger partial charge in [0, 0.05) is 19.5 Å². The summed E-state index contributed by atoms with van der Waals surface area (Å²) < 4.78 is 15.2. The first-order valence-electron chi connectivity index (χ1n) is 6.41. The van der Waals surface area contributed by atoms with Gasteiger partial charge >= 0.3 is 5.97 Å². The van der Waals surface area contributed by atoms with E-state index in [1.807, 2.05) is 0 Å². The monoisotopic (exact) mass is 301 g/mol. The normalized spacial score (nSPS) is 17.8. The predicted molar refractivity (Wildman–Crippen MR) is 75.8 cm³/mol. The van der Waals surface area contributed by atoms with Gasteiger partial charge in [0.1, 0.15) is 17.9 Å². The van der Waals surface area contributed by atoms with Crippen molar-refractivity contribution in [1.29, 1.82) is 5.26 Å². The van der Waals surface area contributed by atoms with Gasteiger partial charge in [-0.15, -0.1) is 0 Å². The van der Waals surface area contributed by atoms with Gasteiger partial charge in [0.2, 0.25) is 5.88 Å². The Kier molecular flexibility index (Phi) is 4.76. The maximum absolute atomic E-state index is 12.1. The number of rotatable bonds is 4. The van der Waals surface area contributed by atoms with Crippen molar-refractivity contribution in [3.05, 3.63) is 52.9 Å². The summed E-state index contributed by atoms with van der Waals surface area (Å²) in [4.78, 5) is 16.1. The minimum atomic E-state index is -0.704. The van der Waals surface area contributed by atoms with Gasteiger partial charge < -0.3 is 19.9 Å². The maximum Gasteiger partial charge on any atom is 0.340 e. The topological polar surface area (TPSA) is 107 Å². The van der Waals surface area contributed by atoms with E-state index in [-0.39, 0.29) is 29.4 Å². The fourth-order valence-corrected chi connectivity index (χ4v) is 2.26. The average Bonchev–Trinajstić information content (AvgIpc) is 2.54. The van der Waals surface area contributed by atoms with Gasteiger partial charge in [0.15, 0.2) is 0 Å². The van der Waals surface area contributed by atoms with E-state index in [1.54, 1.807) is 24.5 Å². The van der Waals surface area contributed by atoms with Crippen LogP contribution >= 0.6 is 0 Å². The SMILES string of the molecule is COCC1=C(C#N)[C@H](c2cccnc2)C(C(=O)OC)=C(N)O1. The summed E-state index contributed by atoms with van der Waals surface area (Å²) >= 11 is 0. The number of carbonyl (C=O) groups is 1. The molecule has 0 unspecified atom stereocenters. The number of nitrogens with zero attached hydrogens (tertiary/aromatic N) is 2. The van der Waals surface area contributed by atoms with Crippen molar-refractivity contribution in [1.82, 2.24) is 4.98 Å². The lowest BCUT2D eigenvalue weighted by Crippen LogP contribution is -2.27. The first kappa shape index (κ1) is 15.5. The van der Waals surface area contributed by atoms with E-state index >= 15 is 0 Å². The third-order valence-electron chi connectivity index (χ3n) is 3.20. The third kappa shape index (κ3) is 2.77. The molecule has 2 N–H and O–H groups in total. The molecule has 1 aromatic heterocycles. The minimum absolute atomic E-state index is 0.0643. The van der Waals surface area contributed by atoms with E-state index in [2.05, 4.69) is 11.1 Å². The number of pyridine rings is 1. The second kappa shape index (κ2) is 6.74. The van der Waals surface area contributed by atoms with Gasteiger partial charge in [0.25, 0.3) is 0 Å². The number of nitriles is 1. The van der Waals surface area contributed by atoms with Gasteiger partial charge in [-0.05, 0) is 11.6 Å². The molecular weight excluding hydrogens is 286 g/mol. The van der Waals surface area contributed by atoms with Gasteiger partial charge in [-0.1, -0.05) is 6.07 Å². The molecule has 0 fully saturated rings. The molecule has 1 atom stereocenters. The van der Waals surface area contributed by atoms with Gasteiger partial charge in [-0.2, -0.15) is 5.26 Å². The number of ether oxygens (including phenoxy) is 3. The Morgan fingerprint density at radius 2 is 2.32 bits per heavy atom. The summed E-state index contributed by atoms with van der Waals surface area (Å²) in [6.07, 6.45) is 3.16. The van der Waals surface area contributed by atoms with Crippen LogP contribution in [0, 0.1) is 11.3 Å². The minimum Gasteiger partial charge on any atom is -0.465 e. The summed E-state index contributed by atoms with van der Waals surface area (Å²) in [6.45, 7) is 0.0643. The van der Waals surface area contributed by atoms with Crippen molar-refractivity contribution in [3.63, 3.8) is 0 Å². The first-order chi connectivity index (χ1) is 10.6. The van der Waals surface area contributed by atoms with E-state index in [4.69, 9.17) is 19.9 Å². The molecule has 0 saturated heterocycles. The molecule has 2 rings (SSSR count). The van der Waals surface area contributed by atoms with Crippen LogP contribution in [0.15, 0.2) is 47.3 Å². The molecule has 1 aliphatic rings. The molecule has 0 radical (unpaired) electrons. The van der Waals surface area contributed by atoms with Gasteiger partial charge in [0.05, 0.1) is 24.7 Å². The Balaban J connectivity index is 2.63. The van der Waals surface area contributed by atoms with E-state index < -0.39 is 11.9 Å². The van der Waals surface area contributed by atoms with Crippen molar-refractivity contribution in [2.75, 3.05) is 20.8 Å². The fraction of sp³-hybridized carbons (Fsp3) is 0.267. The highest BCUT2D eigenvalue weighted by Gasteiger charge is 2.37. The molecule has 0 bridgehead atoms. The van der Waals surface area contributed by atoms with Gasteiger partial charge in [-0.3, -0.25) is 4.98 Å². The van der Waals surface area contributed by atoms with Crippen molar-refractivity contribution in [2.24, 2.45) is 5.73 Å². The second-order valence-electron chi connectivity index (χ2n) is 4.47. The molecule has 7 heteroatoms. The molecule has 0 aromatic carbocycles. The molecule has 114 valence electrons. The molecule has 0 amide bonds. The smallest absolute Gasteiger partial charge is 0.340 e. The van der Waals surface area contributed by atoms with Crippen molar-refractivity contribution in [3.8, 4) is 6.07 Å². The molecule has 2 heterocycles. The van der Waals surface area contributed by atoms with Crippen LogP contribution in [-0.4, -0.2) is 31.8 Å². The van der Waals surface area contributed by atoms with Crippen LogP contribution in [0.25, 0.3) is 0 Å². The number of hydrogen-bond acceptors (Lipinski definition) is 7. The zero-order valence-electron chi connectivity index (χ0n) is 12.2. The Hall–Kier alpha value is -2.85. The molecule has 1 aliphatic heterocycles. The zero-order valence-corrected chi connectivity index (χ0v) is 12.2. The van der Waals surface area contributed by atoms with Crippen LogP contribution in [0.4, 0.5) is 0 Å². The standard InChI is InChI=1S/C15H15N3O4/c1-20-8-11-10(6-16)12(9-4-3-5-18-7-9)13(14(17)22-11)15(19)21-2/h3-5,7,12H,8,17H2,1-2H3/t12-/m0/s1. The van der Waals surface area contributed by atoms with Crippen molar-refractivity contribution < 1.29 is 19.0 Å². The quantitative estimate of drug-likeness (QED) is 0.825. The largest absolute Gasteiger partial charge is 0.465 e. The number of hydrogen-bond donors (Lipinski definition) is 1. The summed E-state index contributed by atoms with van der Waals surface area (Å²) in [5, 5.41) is 9.50. The van der Waals surface area contributed by atoms with Gasteiger partial charge in [-0.25, -0.2) is 4.79 Å². The Morgan fingerprint density at radius 3 is 2.86 bits per heavy atom. The number of esters is 1. The summed E-state index contributed by atoms with van der Waals surface area (Å²) in [6, 6.07) is 5.53. The Morgan fingerprint density at radius 1 is 1.55 bits per heavy atom. The Bertz CT molecular complexity index is 674. The maximum atomic E-state index is 12.1. The lowest BCUT2D eigenvalue weighted by atomic mass is 9.84. The number of methoxy groups -OCH3 is 2. The highest BCUT2D eigenvalue weighted by molar-refractivity contribution is 5.92. The van der Waals surface area contributed by atoms with E-state index in [0.29, 0.717) is 5.56 Å². The number of nitrogens with two attached hydrogens (primary N) is 1. The van der Waals surface area contributed by atoms with Crippen molar-refractivity contribution in [2.45, 2.75) is 5.92 Å². The first-order valence-corrected chi connectivity index (χ1v) is 6.41. The summed E-state index contributed by atoms with van der Waals surface area (Å²) in [7, 11) is 2.71. The molecular formula is C15H15N3O4. The molecule has 0 aliphatic carbocycles. The van der Waals surface area contributed by atoms with Crippen LogP contribution in [0.3, 0.4) is 0 Å². The number of carbonyl (C=O) groups excluding carboxylic acids is 1. The van der Waals surface area contributed by atoms with Crippen LogP contribution in [-0.2, 0) is 19.0 Å². The summed E-state index contributed by atoms with van der Waals surface area (Å²) in [5.74, 6) is -1.20. The lowest BCUT2D eigenvalue weighted by Gasteiger charge is -2.27. The second-order valence-corrected chi connectivity index (χ2v) is 4.47. The van der Waals surface area contributed by atoms with E-state index in [9.17, 15) is 10.1 Å². The summed E-state index contributed by atoms with van der Waals surface area (Å²) in [5.41, 5.74) is 6.81. The molecule has 1 aromatic rings. The highest BCUT2D eigenvalue weighted by Crippen LogP contribution is 2.39. The molecule has 22 heavy (non-hydrogen) atoms. The van der Waals surface area contributed by atoms with E-state index in [0.717, 1.165) is 0 Å². The van der Waals surface area contributed by atoms with Crippen LogP contribution in [0.2, 0.25) is 0 Å². The molecule has 0 spiro atoms. The van der Waals surface area contributed by atoms with Crippen LogP contribution in [0.5, 0.6) is 0 Å². The predicted octanol–water partition coefficient (Wildman–Crippen LogP) is 0.963. The number of allylic oxidation sites excluding steroid dienone is 1. The highest BCUT2D eigenvalue weighted by atomic mass is 16.5. The van der Waals surface area contributed by atoms with Crippen molar-refractivity contribution >= 4 is 5.97 Å². The zero-order chi connectivity index (χ0) is 16.1.